The van der Waals surface area contributed by atoms with Gasteiger partial charge in [-0.25, -0.2) is 0 Å². The second-order valence-corrected chi connectivity index (χ2v) is 5.67. The lowest BCUT2D eigenvalue weighted by Gasteiger charge is -2.43. The van der Waals surface area contributed by atoms with Gasteiger partial charge in [-0.3, -0.25) is 4.79 Å². The molecule has 0 fully saturated rings. The van der Waals surface area contributed by atoms with Crippen molar-refractivity contribution in [1.29, 1.82) is 0 Å². The summed E-state index contributed by atoms with van der Waals surface area (Å²) in [6.07, 6.45) is -0.851. The summed E-state index contributed by atoms with van der Waals surface area (Å²) in [6, 6.07) is 5.88. The fourth-order valence-corrected chi connectivity index (χ4v) is 2.68. The van der Waals surface area contributed by atoms with Gasteiger partial charge in [0.05, 0.1) is 0 Å². The fourth-order valence-electron chi connectivity index (χ4n) is 2.68. The van der Waals surface area contributed by atoms with Gasteiger partial charge in [-0.2, -0.15) is 0 Å². The Labute approximate surface area is 125 Å². The average molecular weight is 293 g/mol. The molecular weight excluding hydrogens is 270 g/mol. The van der Waals surface area contributed by atoms with Crippen LogP contribution in [0.4, 0.5) is 5.69 Å². The van der Waals surface area contributed by atoms with Gasteiger partial charge in [0.25, 0.3) is 0 Å². The van der Waals surface area contributed by atoms with Crippen molar-refractivity contribution in [2.45, 2.75) is 45.5 Å². The molecule has 2 atom stereocenters. The van der Waals surface area contributed by atoms with Gasteiger partial charge in [0.1, 0.15) is 17.5 Å². The number of benzene rings is 1. The molecule has 5 nitrogen and oxygen atoms in total. The zero-order chi connectivity index (χ0) is 15.6. The second kappa shape index (κ2) is 5.93. The molecule has 116 valence electrons. The molecule has 1 aliphatic rings. The van der Waals surface area contributed by atoms with Crippen LogP contribution in [0.15, 0.2) is 18.2 Å². The second-order valence-electron chi connectivity index (χ2n) is 5.67. The van der Waals surface area contributed by atoms with Gasteiger partial charge in [-0.05, 0) is 39.0 Å². The highest BCUT2D eigenvalue weighted by Crippen LogP contribution is 2.43. The Kier molecular flexibility index (Phi) is 4.42. The van der Waals surface area contributed by atoms with Crippen LogP contribution in [0, 0.1) is 0 Å². The lowest BCUT2D eigenvalue weighted by molar-refractivity contribution is -0.178. The Bertz CT molecular complexity index is 527. The van der Waals surface area contributed by atoms with Crippen LogP contribution >= 0.6 is 0 Å². The number of esters is 1. The Hall–Kier alpha value is -1.75. The maximum absolute atomic E-state index is 11.4. The van der Waals surface area contributed by atoms with E-state index in [1.165, 1.54) is 6.92 Å². The highest BCUT2D eigenvalue weighted by Gasteiger charge is 2.46. The molecule has 0 aromatic heterocycles. The minimum absolute atomic E-state index is 0.343. The van der Waals surface area contributed by atoms with Gasteiger partial charge in [0.15, 0.2) is 6.10 Å². The van der Waals surface area contributed by atoms with E-state index in [1.54, 1.807) is 7.11 Å². The Morgan fingerprint density at radius 2 is 2.14 bits per heavy atom. The molecular formula is C16H23NO4. The highest BCUT2D eigenvalue weighted by molar-refractivity contribution is 5.66. The Morgan fingerprint density at radius 1 is 1.43 bits per heavy atom. The molecule has 1 N–H and O–H groups in total. The SMILES string of the molecule is CCNc1ccc2c(c1)C(OC)C(OC(C)=O)C(C)(C)O2. The van der Waals surface area contributed by atoms with Gasteiger partial charge in [0, 0.05) is 31.8 Å². The topological polar surface area (TPSA) is 56.8 Å². The molecule has 0 radical (unpaired) electrons. The lowest BCUT2D eigenvalue weighted by Crippen LogP contribution is -2.51. The number of carbonyl (C=O) groups excluding carboxylic acids is 1. The van der Waals surface area contributed by atoms with Crippen molar-refractivity contribution < 1.29 is 19.0 Å². The summed E-state index contributed by atoms with van der Waals surface area (Å²) in [5, 5.41) is 3.26. The lowest BCUT2D eigenvalue weighted by atomic mass is 9.88. The van der Waals surface area contributed by atoms with Crippen molar-refractivity contribution >= 4 is 11.7 Å². The largest absolute Gasteiger partial charge is 0.483 e. The fraction of sp³-hybridized carbons (Fsp3) is 0.562. The van der Waals surface area contributed by atoms with E-state index in [2.05, 4.69) is 5.32 Å². The van der Waals surface area contributed by atoms with E-state index in [9.17, 15) is 4.79 Å². The van der Waals surface area contributed by atoms with E-state index in [-0.39, 0.29) is 12.1 Å². The quantitative estimate of drug-likeness (QED) is 0.865. The number of hydrogen-bond acceptors (Lipinski definition) is 5. The molecule has 1 aliphatic heterocycles. The van der Waals surface area contributed by atoms with Crippen LogP contribution in [0.5, 0.6) is 5.75 Å². The third-order valence-corrected chi connectivity index (χ3v) is 3.58. The smallest absolute Gasteiger partial charge is 0.303 e. The summed E-state index contributed by atoms with van der Waals surface area (Å²) in [5.74, 6) is 0.418. The zero-order valence-corrected chi connectivity index (χ0v) is 13.2. The number of carbonyl (C=O) groups is 1. The average Bonchev–Trinajstić information content (AvgIpc) is 2.40. The molecule has 0 saturated heterocycles. The van der Waals surface area contributed by atoms with E-state index in [4.69, 9.17) is 14.2 Å². The maximum Gasteiger partial charge on any atom is 0.303 e. The van der Waals surface area contributed by atoms with E-state index < -0.39 is 11.7 Å². The number of nitrogens with one attached hydrogen (secondary N) is 1. The highest BCUT2D eigenvalue weighted by atomic mass is 16.6. The summed E-state index contributed by atoms with van der Waals surface area (Å²) < 4.78 is 17.1. The van der Waals surface area contributed by atoms with Crippen molar-refractivity contribution in [2.24, 2.45) is 0 Å². The molecule has 5 heteroatoms. The molecule has 1 heterocycles. The van der Waals surface area contributed by atoms with Gasteiger partial charge in [-0.15, -0.1) is 0 Å². The molecule has 1 aromatic carbocycles. The predicted octanol–water partition coefficient (Wildman–Crippen LogP) is 2.91. The Morgan fingerprint density at radius 3 is 2.71 bits per heavy atom. The molecule has 21 heavy (non-hydrogen) atoms. The van der Waals surface area contributed by atoms with Crippen molar-refractivity contribution in [2.75, 3.05) is 19.0 Å². The van der Waals surface area contributed by atoms with Crippen LogP contribution in [0.2, 0.25) is 0 Å². The van der Waals surface area contributed by atoms with Crippen molar-refractivity contribution in [3.63, 3.8) is 0 Å². The number of methoxy groups -OCH3 is 1. The first-order chi connectivity index (χ1) is 9.89. The first-order valence-corrected chi connectivity index (χ1v) is 7.16. The van der Waals surface area contributed by atoms with E-state index in [0.29, 0.717) is 0 Å². The molecule has 2 unspecified atom stereocenters. The predicted molar refractivity (Wildman–Crippen MR) is 80.6 cm³/mol. The Balaban J connectivity index is 2.44. The molecule has 1 aromatic rings. The summed E-state index contributed by atoms with van der Waals surface area (Å²) >= 11 is 0. The normalized spacial score (nSPS) is 22.9. The number of rotatable bonds is 4. The maximum atomic E-state index is 11.4. The van der Waals surface area contributed by atoms with Crippen LogP contribution in [-0.2, 0) is 14.3 Å². The summed E-state index contributed by atoms with van der Waals surface area (Å²) in [5.41, 5.74) is 1.23. The van der Waals surface area contributed by atoms with Crippen LogP contribution < -0.4 is 10.1 Å². The van der Waals surface area contributed by atoms with Gasteiger partial charge in [-0.1, -0.05) is 0 Å². The molecule has 0 amide bonds. The molecule has 2 rings (SSSR count). The van der Waals surface area contributed by atoms with E-state index in [1.807, 2.05) is 39.0 Å². The number of anilines is 1. The third-order valence-electron chi connectivity index (χ3n) is 3.58. The van der Waals surface area contributed by atoms with Gasteiger partial charge >= 0.3 is 5.97 Å². The first kappa shape index (κ1) is 15.6. The summed E-state index contributed by atoms with van der Waals surface area (Å²) in [7, 11) is 1.62. The van der Waals surface area contributed by atoms with Crippen LogP contribution in [0.3, 0.4) is 0 Å². The number of ether oxygens (including phenoxy) is 3. The van der Waals surface area contributed by atoms with Crippen LogP contribution in [-0.4, -0.2) is 31.3 Å². The van der Waals surface area contributed by atoms with Gasteiger partial charge < -0.3 is 19.5 Å². The van der Waals surface area contributed by atoms with Crippen LogP contribution in [0.25, 0.3) is 0 Å². The van der Waals surface area contributed by atoms with E-state index in [0.717, 1.165) is 23.5 Å². The van der Waals surface area contributed by atoms with Gasteiger partial charge in [0.2, 0.25) is 0 Å². The minimum Gasteiger partial charge on any atom is -0.483 e. The summed E-state index contributed by atoms with van der Waals surface area (Å²) in [6.45, 7) is 8.06. The first-order valence-electron chi connectivity index (χ1n) is 7.16. The molecule has 0 bridgehead atoms. The summed E-state index contributed by atoms with van der Waals surface area (Å²) in [4.78, 5) is 11.4. The van der Waals surface area contributed by atoms with Crippen molar-refractivity contribution in [3.8, 4) is 5.75 Å². The molecule has 0 spiro atoms. The molecule has 0 saturated carbocycles. The molecule has 0 aliphatic carbocycles. The standard InChI is InChI=1S/C16H23NO4/c1-6-17-11-7-8-13-12(9-11)14(19-5)15(20-10(2)18)16(3,4)21-13/h7-9,14-15,17H,6H2,1-5H3. The van der Waals surface area contributed by atoms with Crippen LogP contribution in [0.1, 0.15) is 39.4 Å². The number of fused-ring (bicyclic) bond motifs is 1. The minimum atomic E-state index is -0.654. The zero-order valence-electron chi connectivity index (χ0n) is 13.2. The van der Waals surface area contributed by atoms with Crippen molar-refractivity contribution in [3.05, 3.63) is 23.8 Å². The van der Waals surface area contributed by atoms with Crippen molar-refractivity contribution in [1.82, 2.24) is 0 Å². The monoisotopic (exact) mass is 293 g/mol. The third kappa shape index (κ3) is 3.13. The number of hydrogen-bond donors (Lipinski definition) is 1. The van der Waals surface area contributed by atoms with E-state index >= 15 is 0 Å².